The molecule has 1 aliphatic heterocycles. The van der Waals surface area contributed by atoms with Crippen molar-refractivity contribution in [2.45, 2.75) is 51.7 Å². The van der Waals surface area contributed by atoms with Gasteiger partial charge < -0.3 is 14.9 Å². The first-order valence-corrected chi connectivity index (χ1v) is 8.18. The fourth-order valence-electron chi connectivity index (χ4n) is 2.71. The molecule has 0 aromatic carbocycles. The van der Waals surface area contributed by atoms with Crippen molar-refractivity contribution in [2.24, 2.45) is 0 Å². The summed E-state index contributed by atoms with van der Waals surface area (Å²) in [6.07, 6.45) is 1.70. The van der Waals surface area contributed by atoms with E-state index in [9.17, 15) is 9.59 Å². The van der Waals surface area contributed by atoms with E-state index in [2.05, 4.69) is 0 Å². The number of nitrogens with zero attached hydrogens (tertiary/aromatic N) is 2. The molecule has 1 atom stereocenters. The number of carboxylic acid groups (broad SMARTS) is 1. The Morgan fingerprint density at radius 1 is 1.52 bits per heavy atom. The SMILES string of the molecule is CC(C)N(Cc1cccs1)C(=O)N1CCCC1CC(=O)O. The van der Waals surface area contributed by atoms with Crippen molar-refractivity contribution >= 4 is 23.3 Å². The number of rotatable bonds is 5. The fourth-order valence-corrected chi connectivity index (χ4v) is 3.41. The zero-order valence-corrected chi connectivity index (χ0v) is 13.3. The summed E-state index contributed by atoms with van der Waals surface area (Å²) in [5, 5.41) is 11.0. The highest BCUT2D eigenvalue weighted by Crippen LogP contribution is 2.24. The van der Waals surface area contributed by atoms with Crippen molar-refractivity contribution in [3.8, 4) is 0 Å². The first kappa shape index (κ1) is 15.8. The molecule has 2 heterocycles. The minimum atomic E-state index is -0.839. The van der Waals surface area contributed by atoms with Crippen LogP contribution in [0.15, 0.2) is 17.5 Å². The van der Waals surface area contributed by atoms with Gasteiger partial charge in [0.25, 0.3) is 0 Å². The predicted molar refractivity (Wildman–Crippen MR) is 82.4 cm³/mol. The third-order valence-electron chi connectivity index (χ3n) is 3.81. The lowest BCUT2D eigenvalue weighted by Crippen LogP contribution is -2.48. The van der Waals surface area contributed by atoms with Crippen LogP contribution in [0.4, 0.5) is 4.79 Å². The molecule has 0 bridgehead atoms. The molecule has 5 nitrogen and oxygen atoms in total. The molecule has 1 N–H and O–H groups in total. The normalized spacial score (nSPS) is 18.2. The number of likely N-dealkylation sites (tertiary alicyclic amines) is 1. The maximum atomic E-state index is 12.8. The highest BCUT2D eigenvalue weighted by atomic mass is 32.1. The van der Waals surface area contributed by atoms with E-state index >= 15 is 0 Å². The first-order valence-electron chi connectivity index (χ1n) is 7.30. The van der Waals surface area contributed by atoms with E-state index in [1.54, 1.807) is 16.2 Å². The highest BCUT2D eigenvalue weighted by Gasteiger charge is 2.33. The molecule has 0 saturated carbocycles. The van der Waals surface area contributed by atoms with E-state index in [1.807, 2.05) is 36.3 Å². The predicted octanol–water partition coefficient (Wildman–Crippen LogP) is 3.02. The van der Waals surface area contributed by atoms with Crippen molar-refractivity contribution in [3.05, 3.63) is 22.4 Å². The van der Waals surface area contributed by atoms with E-state index in [-0.39, 0.29) is 24.5 Å². The minimum absolute atomic E-state index is 0.0384. The molecule has 21 heavy (non-hydrogen) atoms. The summed E-state index contributed by atoms with van der Waals surface area (Å²) in [6.45, 7) is 5.23. The van der Waals surface area contributed by atoms with Crippen LogP contribution in [0.3, 0.4) is 0 Å². The lowest BCUT2D eigenvalue weighted by atomic mass is 10.1. The number of amides is 2. The molecule has 1 aromatic heterocycles. The fraction of sp³-hybridized carbons (Fsp3) is 0.600. The van der Waals surface area contributed by atoms with Crippen LogP contribution in [0.5, 0.6) is 0 Å². The van der Waals surface area contributed by atoms with E-state index in [1.165, 1.54) is 0 Å². The van der Waals surface area contributed by atoms with Gasteiger partial charge in [0.05, 0.1) is 13.0 Å². The molecule has 116 valence electrons. The number of hydrogen-bond donors (Lipinski definition) is 1. The smallest absolute Gasteiger partial charge is 0.320 e. The summed E-state index contributed by atoms with van der Waals surface area (Å²) in [5.74, 6) is -0.839. The van der Waals surface area contributed by atoms with Crippen LogP contribution in [0, 0.1) is 0 Å². The second-order valence-corrected chi connectivity index (χ2v) is 6.70. The lowest BCUT2D eigenvalue weighted by molar-refractivity contribution is -0.138. The van der Waals surface area contributed by atoms with Gasteiger partial charge in [0.1, 0.15) is 0 Å². The molecule has 0 spiro atoms. The number of carbonyl (C=O) groups excluding carboxylic acids is 1. The Labute approximate surface area is 129 Å². The van der Waals surface area contributed by atoms with E-state index in [4.69, 9.17) is 5.11 Å². The van der Waals surface area contributed by atoms with Crippen LogP contribution in [-0.2, 0) is 11.3 Å². The Morgan fingerprint density at radius 3 is 2.86 bits per heavy atom. The van der Waals surface area contributed by atoms with E-state index in [0.29, 0.717) is 13.1 Å². The van der Waals surface area contributed by atoms with Crippen molar-refractivity contribution in [1.82, 2.24) is 9.80 Å². The number of carbonyl (C=O) groups is 2. The molecular formula is C15H22N2O3S. The third kappa shape index (κ3) is 3.97. The van der Waals surface area contributed by atoms with E-state index in [0.717, 1.165) is 17.7 Å². The van der Waals surface area contributed by atoms with Crippen LogP contribution in [-0.4, -0.2) is 45.5 Å². The van der Waals surface area contributed by atoms with Gasteiger partial charge in [-0.2, -0.15) is 0 Å². The summed E-state index contributed by atoms with van der Waals surface area (Å²) in [6, 6.07) is 3.88. The molecule has 6 heteroatoms. The summed E-state index contributed by atoms with van der Waals surface area (Å²) in [4.78, 5) is 28.4. The molecule has 0 aliphatic carbocycles. The number of hydrogen-bond acceptors (Lipinski definition) is 3. The number of thiophene rings is 1. The molecule has 1 aromatic rings. The van der Waals surface area contributed by atoms with Gasteiger partial charge in [0.2, 0.25) is 0 Å². The van der Waals surface area contributed by atoms with Crippen molar-refractivity contribution in [2.75, 3.05) is 6.54 Å². The zero-order valence-electron chi connectivity index (χ0n) is 12.5. The topological polar surface area (TPSA) is 60.9 Å². The van der Waals surface area contributed by atoms with Gasteiger partial charge in [0, 0.05) is 23.5 Å². The zero-order chi connectivity index (χ0) is 15.4. The quantitative estimate of drug-likeness (QED) is 0.909. The second kappa shape index (κ2) is 6.93. The van der Waals surface area contributed by atoms with Crippen molar-refractivity contribution in [1.29, 1.82) is 0 Å². The third-order valence-corrected chi connectivity index (χ3v) is 4.67. The molecular weight excluding hydrogens is 288 g/mol. The molecule has 2 amide bonds. The van der Waals surface area contributed by atoms with Gasteiger partial charge >= 0.3 is 12.0 Å². The Morgan fingerprint density at radius 2 is 2.29 bits per heavy atom. The molecule has 2 rings (SSSR count). The Hall–Kier alpha value is -1.56. The van der Waals surface area contributed by atoms with Crippen LogP contribution >= 0.6 is 11.3 Å². The van der Waals surface area contributed by atoms with Crippen molar-refractivity contribution in [3.63, 3.8) is 0 Å². The Balaban J connectivity index is 2.08. The number of carboxylic acids is 1. The number of aliphatic carboxylic acids is 1. The van der Waals surface area contributed by atoms with Gasteiger partial charge in [-0.15, -0.1) is 11.3 Å². The standard InChI is InChI=1S/C15H22N2O3S/c1-11(2)17(10-13-6-4-8-21-13)15(20)16-7-3-5-12(16)9-14(18)19/h4,6,8,11-12H,3,5,7,9-10H2,1-2H3,(H,18,19). The summed E-state index contributed by atoms with van der Waals surface area (Å²) < 4.78 is 0. The Bertz CT molecular complexity index is 487. The summed E-state index contributed by atoms with van der Waals surface area (Å²) in [5.41, 5.74) is 0. The lowest BCUT2D eigenvalue weighted by Gasteiger charge is -2.33. The van der Waals surface area contributed by atoms with Crippen molar-refractivity contribution < 1.29 is 14.7 Å². The molecule has 1 saturated heterocycles. The largest absolute Gasteiger partial charge is 0.481 e. The summed E-state index contributed by atoms with van der Waals surface area (Å²) >= 11 is 1.63. The van der Waals surface area contributed by atoms with Gasteiger partial charge in [-0.25, -0.2) is 4.79 Å². The van der Waals surface area contributed by atoms with Gasteiger partial charge in [0.15, 0.2) is 0 Å². The Kier molecular flexibility index (Phi) is 5.22. The molecule has 1 unspecified atom stereocenters. The first-order chi connectivity index (χ1) is 9.99. The summed E-state index contributed by atoms with van der Waals surface area (Å²) in [7, 11) is 0. The molecule has 0 radical (unpaired) electrons. The average molecular weight is 310 g/mol. The maximum absolute atomic E-state index is 12.8. The second-order valence-electron chi connectivity index (χ2n) is 5.67. The van der Waals surface area contributed by atoms with Crippen LogP contribution in [0.25, 0.3) is 0 Å². The molecule has 1 aliphatic rings. The van der Waals surface area contributed by atoms with Crippen LogP contribution < -0.4 is 0 Å². The van der Waals surface area contributed by atoms with E-state index < -0.39 is 5.97 Å². The monoisotopic (exact) mass is 310 g/mol. The average Bonchev–Trinajstić information content (AvgIpc) is 3.05. The maximum Gasteiger partial charge on any atom is 0.320 e. The van der Waals surface area contributed by atoms with Crippen LogP contribution in [0.2, 0.25) is 0 Å². The minimum Gasteiger partial charge on any atom is -0.481 e. The van der Waals surface area contributed by atoms with Crippen LogP contribution in [0.1, 0.15) is 38.0 Å². The number of urea groups is 1. The van der Waals surface area contributed by atoms with Gasteiger partial charge in [-0.3, -0.25) is 4.79 Å². The van der Waals surface area contributed by atoms with Gasteiger partial charge in [-0.1, -0.05) is 6.07 Å². The van der Waals surface area contributed by atoms with Gasteiger partial charge in [-0.05, 0) is 38.1 Å². The highest BCUT2D eigenvalue weighted by molar-refractivity contribution is 7.09. The molecule has 1 fully saturated rings.